The van der Waals surface area contributed by atoms with Crippen molar-refractivity contribution in [3.63, 3.8) is 0 Å². The fourth-order valence-corrected chi connectivity index (χ4v) is 4.03. The normalized spacial score (nSPS) is 16.3. The molecule has 0 bridgehead atoms. The van der Waals surface area contributed by atoms with Gasteiger partial charge in [0.2, 0.25) is 0 Å². The predicted molar refractivity (Wildman–Crippen MR) is 102 cm³/mol. The minimum absolute atomic E-state index is 0.00440. The number of nitrogens with one attached hydrogen (secondary N) is 1. The van der Waals surface area contributed by atoms with Crippen LogP contribution in [-0.2, 0) is 32.5 Å². The summed E-state index contributed by atoms with van der Waals surface area (Å²) in [5.41, 5.74) is 5.71. The molecule has 0 spiro atoms. The van der Waals surface area contributed by atoms with Crippen LogP contribution >= 0.6 is 0 Å². The summed E-state index contributed by atoms with van der Waals surface area (Å²) in [6.45, 7) is 6.85. The van der Waals surface area contributed by atoms with Crippen LogP contribution in [0.1, 0.15) is 59.1 Å². The number of hydrogen-bond acceptors (Lipinski definition) is 3. The number of carbonyl (C=O) groups is 1. The molecule has 2 aromatic rings. The van der Waals surface area contributed by atoms with Crippen LogP contribution in [0.2, 0.25) is 0 Å². The predicted octanol–water partition coefficient (Wildman–Crippen LogP) is 2.92. The molecule has 1 aliphatic carbocycles. The van der Waals surface area contributed by atoms with Crippen LogP contribution in [-0.4, -0.2) is 33.7 Å². The van der Waals surface area contributed by atoms with Crippen molar-refractivity contribution in [3.05, 3.63) is 52.3 Å². The molecule has 138 valence electrons. The Bertz CT molecular complexity index is 795. The number of rotatable bonds is 6. The zero-order valence-electron chi connectivity index (χ0n) is 15.6. The molecule has 0 fully saturated rings. The van der Waals surface area contributed by atoms with Gasteiger partial charge in [-0.05, 0) is 61.6 Å². The number of fused-ring (bicyclic) bond motifs is 2. The molecule has 0 radical (unpaired) electrons. The van der Waals surface area contributed by atoms with Crippen LogP contribution in [0.4, 0.5) is 0 Å². The number of hydrogen-bond donors (Lipinski definition) is 1. The van der Waals surface area contributed by atoms with Crippen molar-refractivity contribution in [1.29, 1.82) is 0 Å². The quantitative estimate of drug-likeness (QED) is 0.870. The van der Waals surface area contributed by atoms with Gasteiger partial charge in [-0.2, -0.15) is 5.10 Å². The monoisotopic (exact) mass is 352 g/mol. The first kappa shape index (κ1) is 17.3. The smallest absolute Gasteiger partial charge is 0.251 e. The number of amides is 1. The van der Waals surface area contributed by atoms with Crippen LogP contribution in [0.5, 0.6) is 0 Å². The molecule has 4 rings (SSSR count). The van der Waals surface area contributed by atoms with E-state index in [-0.39, 0.29) is 5.91 Å². The van der Waals surface area contributed by atoms with Gasteiger partial charge in [-0.1, -0.05) is 19.4 Å². The molecule has 0 atom stereocenters. The number of unbranched alkanes of at least 4 members (excludes halogenated alkanes) is 1. The largest absolute Gasteiger partial charge is 0.346 e. The third-order valence-electron chi connectivity index (χ3n) is 5.55. The van der Waals surface area contributed by atoms with Crippen molar-refractivity contribution in [2.24, 2.45) is 0 Å². The second-order valence-electron chi connectivity index (χ2n) is 7.50. The minimum Gasteiger partial charge on any atom is -0.346 e. The molecular formula is C21H28N4O. The Balaban J connectivity index is 1.35. The van der Waals surface area contributed by atoms with Crippen LogP contribution in [0.25, 0.3) is 0 Å². The molecule has 1 aromatic heterocycles. The second kappa shape index (κ2) is 7.62. The van der Waals surface area contributed by atoms with Gasteiger partial charge in [0, 0.05) is 18.7 Å². The molecule has 0 unspecified atom stereocenters. The van der Waals surface area contributed by atoms with Gasteiger partial charge < -0.3 is 5.32 Å². The highest BCUT2D eigenvalue weighted by atomic mass is 16.1. The first-order chi connectivity index (χ1) is 12.7. The summed E-state index contributed by atoms with van der Waals surface area (Å²) in [4.78, 5) is 15.0. The van der Waals surface area contributed by atoms with E-state index in [0.29, 0.717) is 6.54 Å². The van der Waals surface area contributed by atoms with E-state index >= 15 is 0 Å². The topological polar surface area (TPSA) is 50.2 Å². The molecule has 1 aliphatic heterocycles. The molecule has 2 heterocycles. The van der Waals surface area contributed by atoms with E-state index < -0.39 is 0 Å². The van der Waals surface area contributed by atoms with Gasteiger partial charge in [0.05, 0.1) is 24.5 Å². The molecule has 1 N–H and O–H groups in total. The fraction of sp³-hybridized carbons (Fsp3) is 0.524. The van der Waals surface area contributed by atoms with Gasteiger partial charge in [0.15, 0.2) is 0 Å². The Kier molecular flexibility index (Phi) is 5.07. The van der Waals surface area contributed by atoms with Crippen molar-refractivity contribution < 1.29 is 4.79 Å². The number of nitrogens with zero attached hydrogens (tertiary/aromatic N) is 3. The number of carbonyl (C=O) groups excluding carboxylic acids is 1. The molecule has 26 heavy (non-hydrogen) atoms. The highest BCUT2D eigenvalue weighted by Crippen LogP contribution is 2.23. The molecular weight excluding hydrogens is 324 g/mol. The third kappa shape index (κ3) is 3.68. The Morgan fingerprint density at radius 1 is 1.19 bits per heavy atom. The zero-order valence-corrected chi connectivity index (χ0v) is 15.6. The lowest BCUT2D eigenvalue weighted by atomic mass is 10.1. The van der Waals surface area contributed by atoms with Crippen LogP contribution < -0.4 is 5.32 Å². The molecule has 1 amide bonds. The SMILES string of the molecule is CCCCN1CCn2nc(CNC(=O)c3ccc4c(c3)CCC4)cc2C1. The lowest BCUT2D eigenvalue weighted by molar-refractivity contribution is 0.0950. The summed E-state index contributed by atoms with van der Waals surface area (Å²) in [5.74, 6) is -0.00440. The molecule has 0 saturated heterocycles. The zero-order chi connectivity index (χ0) is 17.9. The van der Waals surface area contributed by atoms with E-state index in [1.807, 2.05) is 6.07 Å². The molecule has 0 saturated carbocycles. The van der Waals surface area contributed by atoms with Gasteiger partial charge in [-0.15, -0.1) is 0 Å². The van der Waals surface area contributed by atoms with Crippen molar-refractivity contribution in [2.75, 3.05) is 13.1 Å². The Labute approximate surface area is 155 Å². The summed E-state index contributed by atoms with van der Waals surface area (Å²) in [6.07, 6.45) is 5.93. The number of aryl methyl sites for hydroxylation is 2. The molecule has 5 nitrogen and oxygen atoms in total. The number of benzene rings is 1. The van der Waals surface area contributed by atoms with Crippen LogP contribution in [0, 0.1) is 0 Å². The Morgan fingerprint density at radius 3 is 2.96 bits per heavy atom. The molecule has 5 heteroatoms. The van der Waals surface area contributed by atoms with Gasteiger partial charge in [0.1, 0.15) is 0 Å². The highest BCUT2D eigenvalue weighted by Gasteiger charge is 2.18. The Hall–Kier alpha value is -2.14. The van der Waals surface area contributed by atoms with Gasteiger partial charge in [-0.3, -0.25) is 14.4 Å². The van der Waals surface area contributed by atoms with Gasteiger partial charge in [-0.25, -0.2) is 0 Å². The van der Waals surface area contributed by atoms with Crippen LogP contribution in [0.15, 0.2) is 24.3 Å². The summed E-state index contributed by atoms with van der Waals surface area (Å²) < 4.78 is 2.10. The fourth-order valence-electron chi connectivity index (χ4n) is 4.03. The summed E-state index contributed by atoms with van der Waals surface area (Å²) in [6, 6.07) is 8.25. The van der Waals surface area contributed by atoms with Crippen molar-refractivity contribution in [2.45, 2.75) is 58.7 Å². The summed E-state index contributed by atoms with van der Waals surface area (Å²) in [5, 5.41) is 7.70. The molecule has 1 aromatic carbocycles. The summed E-state index contributed by atoms with van der Waals surface area (Å²) in [7, 11) is 0. The van der Waals surface area contributed by atoms with Crippen molar-refractivity contribution >= 4 is 5.91 Å². The maximum atomic E-state index is 12.5. The first-order valence-electron chi connectivity index (χ1n) is 9.91. The van der Waals surface area contributed by atoms with Gasteiger partial charge in [0.25, 0.3) is 5.91 Å². The third-order valence-corrected chi connectivity index (χ3v) is 5.55. The minimum atomic E-state index is -0.00440. The lowest BCUT2D eigenvalue weighted by Crippen LogP contribution is -2.34. The van der Waals surface area contributed by atoms with Gasteiger partial charge >= 0.3 is 0 Å². The maximum absolute atomic E-state index is 12.5. The van der Waals surface area contributed by atoms with E-state index in [1.54, 1.807) is 0 Å². The lowest BCUT2D eigenvalue weighted by Gasteiger charge is -2.27. The standard InChI is InChI=1S/C21H28N4O/c1-2-3-9-24-10-11-25-20(15-24)13-19(23-25)14-22-21(26)18-8-7-16-5-4-6-17(16)12-18/h7-8,12-13H,2-6,9-11,14-15H2,1H3,(H,22,26). The highest BCUT2D eigenvalue weighted by molar-refractivity contribution is 5.94. The van der Waals surface area contributed by atoms with E-state index in [0.717, 1.165) is 50.3 Å². The van der Waals surface area contributed by atoms with Crippen LogP contribution in [0.3, 0.4) is 0 Å². The van der Waals surface area contributed by atoms with E-state index in [2.05, 4.69) is 45.1 Å². The maximum Gasteiger partial charge on any atom is 0.251 e. The van der Waals surface area contributed by atoms with Crippen molar-refractivity contribution in [3.8, 4) is 0 Å². The molecule has 2 aliphatic rings. The van der Waals surface area contributed by atoms with Crippen molar-refractivity contribution in [1.82, 2.24) is 20.0 Å². The number of aromatic nitrogens is 2. The summed E-state index contributed by atoms with van der Waals surface area (Å²) >= 11 is 0. The van der Waals surface area contributed by atoms with E-state index in [9.17, 15) is 4.79 Å². The average Bonchev–Trinajstić information content (AvgIpc) is 3.29. The second-order valence-corrected chi connectivity index (χ2v) is 7.50. The van der Waals surface area contributed by atoms with E-state index in [1.165, 1.54) is 36.1 Å². The Morgan fingerprint density at radius 2 is 2.08 bits per heavy atom. The average molecular weight is 352 g/mol. The first-order valence-corrected chi connectivity index (χ1v) is 9.91. The van der Waals surface area contributed by atoms with E-state index in [4.69, 9.17) is 0 Å².